The average Bonchev–Trinajstić information content (AvgIpc) is 2.46. The fourth-order valence-corrected chi connectivity index (χ4v) is 2.62. The van der Waals surface area contributed by atoms with Crippen LogP contribution < -0.4 is 5.73 Å². The van der Waals surface area contributed by atoms with E-state index in [0.29, 0.717) is 0 Å². The zero-order valence-electron chi connectivity index (χ0n) is 12.5. The van der Waals surface area contributed by atoms with Crippen LogP contribution in [0, 0.1) is 0 Å². The molecular weight excluding hydrogens is 260 g/mol. The summed E-state index contributed by atoms with van der Waals surface area (Å²) in [6, 6.07) is 5.83. The summed E-state index contributed by atoms with van der Waals surface area (Å²) in [5.74, 6) is 0. The molecule has 106 valence electrons. The maximum atomic E-state index is 6.46. The van der Waals surface area contributed by atoms with Crippen LogP contribution in [0.25, 0.3) is 22.2 Å². The molecule has 3 aromatic heterocycles. The van der Waals surface area contributed by atoms with Gasteiger partial charge in [-0.1, -0.05) is 20.8 Å². The summed E-state index contributed by atoms with van der Waals surface area (Å²) in [6.45, 7) is 6.45. The van der Waals surface area contributed by atoms with E-state index in [1.54, 1.807) is 24.8 Å². The Labute approximate surface area is 124 Å². The third kappa shape index (κ3) is 2.33. The predicted octanol–water partition coefficient (Wildman–Crippen LogP) is 3.57. The van der Waals surface area contributed by atoms with Crippen LogP contribution in [0.3, 0.4) is 0 Å². The maximum Gasteiger partial charge on any atom is 0.0913 e. The lowest BCUT2D eigenvalue weighted by Crippen LogP contribution is -2.17. The largest absolute Gasteiger partial charge is 0.398 e. The van der Waals surface area contributed by atoms with Crippen molar-refractivity contribution in [3.8, 4) is 11.3 Å². The van der Waals surface area contributed by atoms with Crippen LogP contribution in [-0.2, 0) is 5.41 Å². The molecule has 0 aliphatic heterocycles. The van der Waals surface area contributed by atoms with Crippen molar-refractivity contribution in [2.24, 2.45) is 0 Å². The van der Waals surface area contributed by atoms with Gasteiger partial charge in [-0.15, -0.1) is 0 Å². The van der Waals surface area contributed by atoms with Gasteiger partial charge in [-0.05, 0) is 23.6 Å². The van der Waals surface area contributed by atoms with E-state index >= 15 is 0 Å². The highest BCUT2D eigenvalue weighted by atomic mass is 14.8. The van der Waals surface area contributed by atoms with Gasteiger partial charge in [-0.25, -0.2) is 4.98 Å². The van der Waals surface area contributed by atoms with E-state index in [9.17, 15) is 0 Å². The van der Waals surface area contributed by atoms with Crippen molar-refractivity contribution in [2.45, 2.75) is 26.2 Å². The third-order valence-corrected chi connectivity index (χ3v) is 3.53. The minimum atomic E-state index is -0.104. The Morgan fingerprint density at radius 2 is 1.62 bits per heavy atom. The normalized spacial score (nSPS) is 11.8. The molecule has 21 heavy (non-hydrogen) atoms. The minimum Gasteiger partial charge on any atom is -0.398 e. The molecule has 3 aromatic rings. The van der Waals surface area contributed by atoms with Gasteiger partial charge in [0.05, 0.1) is 17.4 Å². The number of hydrogen-bond donors (Lipinski definition) is 1. The van der Waals surface area contributed by atoms with E-state index in [4.69, 9.17) is 10.7 Å². The summed E-state index contributed by atoms with van der Waals surface area (Å²) in [5.41, 5.74) is 10.9. The first kappa shape index (κ1) is 13.5. The summed E-state index contributed by atoms with van der Waals surface area (Å²) in [7, 11) is 0. The number of nitrogen functional groups attached to an aromatic ring is 1. The van der Waals surface area contributed by atoms with Crippen molar-refractivity contribution in [3.63, 3.8) is 0 Å². The van der Waals surface area contributed by atoms with Crippen LogP contribution in [0.15, 0.2) is 43.0 Å². The molecule has 0 saturated carbocycles. The first-order valence-electron chi connectivity index (χ1n) is 6.92. The van der Waals surface area contributed by atoms with Crippen LogP contribution in [0.4, 0.5) is 5.69 Å². The smallest absolute Gasteiger partial charge is 0.0913 e. The number of anilines is 1. The van der Waals surface area contributed by atoms with Gasteiger partial charge < -0.3 is 5.73 Å². The molecule has 0 aliphatic rings. The maximum absolute atomic E-state index is 6.46. The van der Waals surface area contributed by atoms with E-state index in [0.717, 1.165) is 33.4 Å². The molecule has 0 radical (unpaired) electrons. The van der Waals surface area contributed by atoms with E-state index in [2.05, 4.69) is 30.7 Å². The molecule has 2 N–H and O–H groups in total. The van der Waals surface area contributed by atoms with Crippen molar-refractivity contribution in [1.82, 2.24) is 15.0 Å². The van der Waals surface area contributed by atoms with Crippen LogP contribution in [0.1, 0.15) is 26.3 Å². The standard InChI is InChI=1S/C17H18N4/c1-17(2,3)14-15(18)12-6-9-20-10-13(12)21-16(14)11-4-7-19-8-5-11/h4-10H,1-3H3,(H2,18,21). The minimum absolute atomic E-state index is 0.104. The quantitative estimate of drug-likeness (QED) is 0.739. The van der Waals surface area contributed by atoms with Gasteiger partial charge in [0.2, 0.25) is 0 Å². The molecule has 4 heteroatoms. The van der Waals surface area contributed by atoms with Crippen molar-refractivity contribution < 1.29 is 0 Å². The van der Waals surface area contributed by atoms with Crippen molar-refractivity contribution in [2.75, 3.05) is 5.73 Å². The number of rotatable bonds is 1. The molecule has 0 aliphatic carbocycles. The number of aromatic nitrogens is 3. The van der Waals surface area contributed by atoms with Crippen LogP contribution in [0.2, 0.25) is 0 Å². The summed E-state index contributed by atoms with van der Waals surface area (Å²) < 4.78 is 0. The number of hydrogen-bond acceptors (Lipinski definition) is 4. The van der Waals surface area contributed by atoms with Gasteiger partial charge in [0.25, 0.3) is 0 Å². The molecule has 3 heterocycles. The second-order valence-corrected chi connectivity index (χ2v) is 6.13. The summed E-state index contributed by atoms with van der Waals surface area (Å²) in [5, 5.41) is 0.952. The van der Waals surface area contributed by atoms with Gasteiger partial charge in [0, 0.05) is 40.8 Å². The first-order valence-corrected chi connectivity index (χ1v) is 6.92. The number of pyridine rings is 3. The van der Waals surface area contributed by atoms with Crippen molar-refractivity contribution in [3.05, 3.63) is 48.5 Å². The second kappa shape index (κ2) is 4.81. The predicted molar refractivity (Wildman–Crippen MR) is 85.9 cm³/mol. The summed E-state index contributed by atoms with van der Waals surface area (Å²) in [6.07, 6.45) is 7.04. The Balaban J connectivity index is 2.42. The molecule has 0 bridgehead atoms. The van der Waals surface area contributed by atoms with Crippen molar-refractivity contribution >= 4 is 16.6 Å². The molecule has 4 nitrogen and oxygen atoms in total. The lowest BCUT2D eigenvalue weighted by atomic mass is 9.82. The van der Waals surface area contributed by atoms with E-state index in [-0.39, 0.29) is 5.41 Å². The zero-order chi connectivity index (χ0) is 15.0. The van der Waals surface area contributed by atoms with E-state index in [1.165, 1.54) is 0 Å². The van der Waals surface area contributed by atoms with Gasteiger partial charge >= 0.3 is 0 Å². The van der Waals surface area contributed by atoms with Crippen LogP contribution >= 0.6 is 0 Å². The Bertz CT molecular complexity index is 789. The number of fused-ring (bicyclic) bond motifs is 1. The molecule has 0 atom stereocenters. The second-order valence-electron chi connectivity index (χ2n) is 6.13. The molecule has 0 amide bonds. The van der Waals surface area contributed by atoms with Crippen LogP contribution in [-0.4, -0.2) is 15.0 Å². The first-order chi connectivity index (χ1) is 9.98. The molecule has 0 saturated heterocycles. The van der Waals surface area contributed by atoms with E-state index < -0.39 is 0 Å². The number of nitrogens with zero attached hydrogens (tertiary/aromatic N) is 3. The Hall–Kier alpha value is -2.49. The highest BCUT2D eigenvalue weighted by Crippen LogP contribution is 2.39. The summed E-state index contributed by atoms with van der Waals surface area (Å²) in [4.78, 5) is 13.0. The summed E-state index contributed by atoms with van der Waals surface area (Å²) >= 11 is 0. The Morgan fingerprint density at radius 1 is 0.952 bits per heavy atom. The van der Waals surface area contributed by atoms with Crippen LogP contribution in [0.5, 0.6) is 0 Å². The SMILES string of the molecule is CC(C)(C)c1c(-c2ccncc2)nc2cnccc2c1N. The molecule has 3 rings (SSSR count). The highest BCUT2D eigenvalue weighted by Gasteiger charge is 2.24. The van der Waals surface area contributed by atoms with Gasteiger partial charge in [-0.3, -0.25) is 9.97 Å². The lowest BCUT2D eigenvalue weighted by molar-refractivity contribution is 0.593. The number of nitrogens with two attached hydrogens (primary N) is 1. The Morgan fingerprint density at radius 3 is 2.29 bits per heavy atom. The van der Waals surface area contributed by atoms with Crippen molar-refractivity contribution in [1.29, 1.82) is 0 Å². The zero-order valence-corrected chi connectivity index (χ0v) is 12.5. The van der Waals surface area contributed by atoms with Gasteiger partial charge in [-0.2, -0.15) is 0 Å². The van der Waals surface area contributed by atoms with Gasteiger partial charge in [0.15, 0.2) is 0 Å². The Kier molecular flexibility index (Phi) is 3.09. The molecule has 0 spiro atoms. The average molecular weight is 278 g/mol. The van der Waals surface area contributed by atoms with Gasteiger partial charge in [0.1, 0.15) is 0 Å². The molecule has 0 unspecified atom stereocenters. The highest BCUT2D eigenvalue weighted by molar-refractivity contribution is 5.95. The topological polar surface area (TPSA) is 64.7 Å². The third-order valence-electron chi connectivity index (χ3n) is 3.53. The van der Waals surface area contributed by atoms with E-state index in [1.807, 2.05) is 18.2 Å². The fraction of sp³-hybridized carbons (Fsp3) is 0.235. The molecule has 0 aromatic carbocycles. The monoisotopic (exact) mass is 278 g/mol. The molecule has 0 fully saturated rings. The fourth-order valence-electron chi connectivity index (χ4n) is 2.62. The molecular formula is C17H18N4. The lowest BCUT2D eigenvalue weighted by Gasteiger charge is -2.25.